The topological polar surface area (TPSA) is 89.6 Å². The van der Waals surface area contributed by atoms with Gasteiger partial charge in [-0.05, 0) is 48.5 Å². The monoisotopic (exact) mass is 395 g/mol. The van der Waals surface area contributed by atoms with Gasteiger partial charge in [0, 0.05) is 19.3 Å². The molecule has 148 valence electrons. The van der Waals surface area contributed by atoms with Crippen LogP contribution in [0.1, 0.15) is 20.7 Å². The van der Waals surface area contributed by atoms with Crippen LogP contribution in [0.3, 0.4) is 0 Å². The number of pyridine rings is 1. The quantitative estimate of drug-likeness (QED) is 0.665. The number of aromatic nitrogens is 1. The lowest BCUT2D eigenvalue weighted by molar-refractivity contribution is 0.0963. The highest BCUT2D eigenvalue weighted by molar-refractivity contribution is 6.09. The number of hydrogen-bond acceptors (Lipinski definition) is 5. The Morgan fingerprint density at radius 1 is 0.966 bits per heavy atom. The summed E-state index contributed by atoms with van der Waals surface area (Å²) >= 11 is 0. The number of halogens is 1. The highest BCUT2D eigenvalue weighted by atomic mass is 19.1. The van der Waals surface area contributed by atoms with Crippen molar-refractivity contribution in [1.82, 2.24) is 10.3 Å². The number of benzene rings is 2. The number of anilines is 1. The number of carbonyl (C=O) groups is 2. The first-order valence-electron chi connectivity index (χ1n) is 8.61. The summed E-state index contributed by atoms with van der Waals surface area (Å²) in [4.78, 5) is 28.7. The highest BCUT2D eigenvalue weighted by Gasteiger charge is 2.15. The molecule has 0 aliphatic rings. The third-order valence-electron chi connectivity index (χ3n) is 3.98. The van der Waals surface area contributed by atoms with Crippen LogP contribution in [0.2, 0.25) is 0 Å². The molecule has 0 unspecified atom stereocenters. The lowest BCUT2D eigenvalue weighted by atomic mass is 10.1. The predicted molar refractivity (Wildman–Crippen MR) is 105 cm³/mol. The zero-order valence-electron chi connectivity index (χ0n) is 15.7. The molecule has 0 radical (unpaired) electrons. The Kier molecular flexibility index (Phi) is 6.03. The second kappa shape index (κ2) is 8.83. The molecule has 0 saturated carbocycles. The van der Waals surface area contributed by atoms with E-state index < -0.39 is 5.91 Å². The Labute approximate surface area is 166 Å². The highest BCUT2D eigenvalue weighted by Crippen LogP contribution is 2.23. The zero-order chi connectivity index (χ0) is 20.8. The molecular formula is C21H18FN3O4. The van der Waals surface area contributed by atoms with Crippen LogP contribution in [0.5, 0.6) is 17.4 Å². The number of carbonyl (C=O) groups excluding carboxylic acids is 2. The van der Waals surface area contributed by atoms with Crippen molar-refractivity contribution in [1.29, 1.82) is 0 Å². The molecule has 2 N–H and O–H groups in total. The van der Waals surface area contributed by atoms with Gasteiger partial charge in [0.15, 0.2) is 0 Å². The van der Waals surface area contributed by atoms with Crippen LogP contribution in [-0.4, -0.2) is 31.0 Å². The molecule has 7 nitrogen and oxygen atoms in total. The maximum Gasteiger partial charge on any atom is 0.257 e. The first-order valence-corrected chi connectivity index (χ1v) is 8.61. The fourth-order valence-electron chi connectivity index (χ4n) is 2.47. The maximum absolute atomic E-state index is 12.9. The van der Waals surface area contributed by atoms with Crippen molar-refractivity contribution >= 4 is 17.5 Å². The van der Waals surface area contributed by atoms with Crippen LogP contribution < -0.4 is 20.1 Å². The van der Waals surface area contributed by atoms with Crippen molar-refractivity contribution in [3.05, 3.63) is 77.7 Å². The van der Waals surface area contributed by atoms with Gasteiger partial charge in [-0.3, -0.25) is 9.59 Å². The number of rotatable bonds is 6. The number of amides is 2. The molecule has 2 amide bonds. The van der Waals surface area contributed by atoms with Gasteiger partial charge < -0.3 is 20.1 Å². The fraction of sp³-hybridized carbons (Fsp3) is 0.0952. The van der Waals surface area contributed by atoms with Crippen LogP contribution >= 0.6 is 0 Å². The molecule has 0 aliphatic carbocycles. The zero-order valence-corrected chi connectivity index (χ0v) is 15.7. The Hall–Kier alpha value is -3.94. The normalized spacial score (nSPS) is 10.2. The van der Waals surface area contributed by atoms with E-state index in [1.807, 2.05) is 0 Å². The number of nitrogens with one attached hydrogen (secondary N) is 2. The summed E-state index contributed by atoms with van der Waals surface area (Å²) in [5.74, 6) is -0.00715. The van der Waals surface area contributed by atoms with Crippen molar-refractivity contribution < 1.29 is 23.5 Å². The van der Waals surface area contributed by atoms with E-state index in [4.69, 9.17) is 9.47 Å². The van der Waals surface area contributed by atoms with E-state index >= 15 is 0 Å². The molecule has 0 atom stereocenters. The first kappa shape index (κ1) is 19.8. The molecule has 0 saturated heterocycles. The largest absolute Gasteiger partial charge is 0.497 e. The number of ether oxygens (including phenoxy) is 2. The summed E-state index contributed by atoms with van der Waals surface area (Å²) in [5, 5.41) is 5.21. The van der Waals surface area contributed by atoms with Gasteiger partial charge in [-0.2, -0.15) is 0 Å². The third kappa shape index (κ3) is 4.86. The number of nitrogens with zero attached hydrogens (tertiary/aromatic N) is 1. The summed E-state index contributed by atoms with van der Waals surface area (Å²) in [6.07, 6.45) is 1.34. The maximum atomic E-state index is 12.9. The standard InChI is InChI=1S/C21H18FN3O4/c1-23-21(27)17-11-16(28-2)8-9-18(17)25-20(26)13-3-10-19(24-12-13)29-15-6-4-14(22)5-7-15/h3-12H,1-2H3,(H,23,27)(H,25,26). The van der Waals surface area contributed by atoms with Gasteiger partial charge in [0.05, 0.1) is 23.9 Å². The van der Waals surface area contributed by atoms with Gasteiger partial charge in [-0.1, -0.05) is 0 Å². The van der Waals surface area contributed by atoms with E-state index in [2.05, 4.69) is 15.6 Å². The van der Waals surface area contributed by atoms with E-state index in [1.165, 1.54) is 62.8 Å². The predicted octanol–water partition coefficient (Wildman–Crippen LogP) is 3.63. The lowest BCUT2D eigenvalue weighted by Crippen LogP contribution is -2.21. The molecule has 29 heavy (non-hydrogen) atoms. The molecular weight excluding hydrogens is 377 g/mol. The number of hydrogen-bond donors (Lipinski definition) is 2. The van der Waals surface area contributed by atoms with E-state index in [0.29, 0.717) is 17.2 Å². The molecule has 0 spiro atoms. The van der Waals surface area contributed by atoms with Gasteiger partial charge in [-0.25, -0.2) is 9.37 Å². The van der Waals surface area contributed by atoms with Crippen molar-refractivity contribution in [3.8, 4) is 17.4 Å². The van der Waals surface area contributed by atoms with Crippen molar-refractivity contribution in [2.24, 2.45) is 0 Å². The van der Waals surface area contributed by atoms with E-state index in [1.54, 1.807) is 12.1 Å². The summed E-state index contributed by atoms with van der Waals surface area (Å²) < 4.78 is 23.6. The van der Waals surface area contributed by atoms with Crippen LogP contribution in [0.4, 0.5) is 10.1 Å². The molecule has 0 fully saturated rings. The Bertz CT molecular complexity index is 1020. The molecule has 1 aromatic heterocycles. The molecule has 3 rings (SSSR count). The van der Waals surface area contributed by atoms with Crippen LogP contribution in [0.25, 0.3) is 0 Å². The molecule has 1 heterocycles. The van der Waals surface area contributed by atoms with Gasteiger partial charge in [-0.15, -0.1) is 0 Å². The second-order valence-electron chi connectivity index (χ2n) is 5.89. The smallest absolute Gasteiger partial charge is 0.257 e. The molecule has 0 aliphatic heterocycles. The summed E-state index contributed by atoms with van der Waals surface area (Å²) in [6.45, 7) is 0. The minimum atomic E-state index is -0.443. The van der Waals surface area contributed by atoms with E-state index in [9.17, 15) is 14.0 Å². The van der Waals surface area contributed by atoms with Crippen LogP contribution in [-0.2, 0) is 0 Å². The molecule has 3 aromatic rings. The van der Waals surface area contributed by atoms with Crippen molar-refractivity contribution in [3.63, 3.8) is 0 Å². The van der Waals surface area contributed by atoms with Crippen molar-refractivity contribution in [2.45, 2.75) is 0 Å². The molecule has 0 bridgehead atoms. The first-order chi connectivity index (χ1) is 14.0. The summed E-state index contributed by atoms with van der Waals surface area (Å²) in [5.41, 5.74) is 0.876. The van der Waals surface area contributed by atoms with Gasteiger partial charge >= 0.3 is 0 Å². The van der Waals surface area contributed by atoms with Crippen molar-refractivity contribution in [2.75, 3.05) is 19.5 Å². The SMILES string of the molecule is CNC(=O)c1cc(OC)ccc1NC(=O)c1ccc(Oc2ccc(F)cc2)nc1. The Balaban J connectivity index is 1.74. The fourth-order valence-corrected chi connectivity index (χ4v) is 2.47. The van der Waals surface area contributed by atoms with Gasteiger partial charge in [0.25, 0.3) is 11.8 Å². The summed E-state index contributed by atoms with van der Waals surface area (Å²) in [6, 6.07) is 13.3. The summed E-state index contributed by atoms with van der Waals surface area (Å²) in [7, 11) is 2.99. The average molecular weight is 395 g/mol. The molecule has 8 heteroatoms. The Morgan fingerprint density at radius 2 is 1.69 bits per heavy atom. The van der Waals surface area contributed by atoms with Crippen LogP contribution in [0.15, 0.2) is 60.8 Å². The average Bonchev–Trinajstić information content (AvgIpc) is 2.75. The minimum Gasteiger partial charge on any atom is -0.497 e. The van der Waals surface area contributed by atoms with Gasteiger partial charge in [0.1, 0.15) is 17.3 Å². The number of methoxy groups -OCH3 is 1. The minimum absolute atomic E-state index is 0.253. The van der Waals surface area contributed by atoms with Gasteiger partial charge in [0.2, 0.25) is 5.88 Å². The van der Waals surface area contributed by atoms with Crippen LogP contribution in [0, 0.1) is 5.82 Å². The lowest BCUT2D eigenvalue weighted by Gasteiger charge is -2.12. The van der Waals surface area contributed by atoms with E-state index in [-0.39, 0.29) is 28.7 Å². The van der Waals surface area contributed by atoms with E-state index in [0.717, 1.165) is 0 Å². The second-order valence-corrected chi connectivity index (χ2v) is 5.89. The Morgan fingerprint density at radius 3 is 2.31 bits per heavy atom. The third-order valence-corrected chi connectivity index (χ3v) is 3.98. The molecule has 2 aromatic carbocycles.